The van der Waals surface area contributed by atoms with Crippen molar-refractivity contribution >= 4 is 5.69 Å². The normalized spacial score (nSPS) is 12.3. The average molecular weight is 257 g/mol. The summed E-state index contributed by atoms with van der Waals surface area (Å²) in [6.07, 6.45) is 6.83. The summed E-state index contributed by atoms with van der Waals surface area (Å²) in [4.78, 5) is 8.54. The molecule has 0 saturated heterocycles. The standard InChI is InChI=1S/C14H19N5/c1-2-10-4-3-6-18-14(10)13(19-16)8-11-9-17-7-5-12(11)15/h3-7,9,13,19H,2,8,16H2,1H3,(H2,15,17). The molecule has 0 aliphatic carbocycles. The van der Waals surface area contributed by atoms with E-state index in [2.05, 4.69) is 28.4 Å². The summed E-state index contributed by atoms with van der Waals surface area (Å²) in [6.45, 7) is 2.10. The lowest BCUT2D eigenvalue weighted by Gasteiger charge is -2.18. The minimum absolute atomic E-state index is 0.0670. The van der Waals surface area contributed by atoms with E-state index in [4.69, 9.17) is 11.6 Å². The smallest absolute Gasteiger partial charge is 0.0676 e. The zero-order valence-electron chi connectivity index (χ0n) is 11.0. The number of aromatic nitrogens is 2. The number of pyridine rings is 2. The molecule has 0 fully saturated rings. The molecule has 2 rings (SSSR count). The maximum absolute atomic E-state index is 5.94. The van der Waals surface area contributed by atoms with Crippen molar-refractivity contribution in [2.45, 2.75) is 25.8 Å². The summed E-state index contributed by atoms with van der Waals surface area (Å²) in [6, 6.07) is 5.73. The molecule has 1 unspecified atom stereocenters. The van der Waals surface area contributed by atoms with Crippen LogP contribution in [0.2, 0.25) is 0 Å². The van der Waals surface area contributed by atoms with Gasteiger partial charge in [0.25, 0.3) is 0 Å². The van der Waals surface area contributed by atoms with Crippen molar-refractivity contribution in [3.8, 4) is 0 Å². The van der Waals surface area contributed by atoms with Crippen LogP contribution in [-0.4, -0.2) is 9.97 Å². The molecule has 0 saturated carbocycles. The van der Waals surface area contributed by atoms with Crippen molar-refractivity contribution in [2.24, 2.45) is 5.84 Å². The first kappa shape index (κ1) is 13.5. The van der Waals surface area contributed by atoms with Gasteiger partial charge in [0.2, 0.25) is 0 Å². The van der Waals surface area contributed by atoms with E-state index in [9.17, 15) is 0 Å². The second kappa shape index (κ2) is 6.26. The average Bonchev–Trinajstić information content (AvgIpc) is 2.46. The van der Waals surface area contributed by atoms with E-state index in [-0.39, 0.29) is 6.04 Å². The highest BCUT2D eigenvalue weighted by molar-refractivity contribution is 5.45. The molecule has 2 aromatic heterocycles. The quantitative estimate of drug-likeness (QED) is 0.556. The molecule has 5 heteroatoms. The van der Waals surface area contributed by atoms with E-state index >= 15 is 0 Å². The van der Waals surface area contributed by atoms with Crippen molar-refractivity contribution in [3.05, 3.63) is 53.6 Å². The Morgan fingerprint density at radius 2 is 2.11 bits per heavy atom. The number of nitrogens with zero attached hydrogens (tertiary/aromatic N) is 2. The third kappa shape index (κ3) is 3.07. The number of nitrogens with one attached hydrogen (secondary N) is 1. The van der Waals surface area contributed by atoms with Crippen LogP contribution in [0.3, 0.4) is 0 Å². The van der Waals surface area contributed by atoms with Crippen LogP contribution in [0.1, 0.15) is 29.8 Å². The van der Waals surface area contributed by atoms with Crippen molar-refractivity contribution in [1.29, 1.82) is 0 Å². The molecule has 2 heterocycles. The lowest BCUT2D eigenvalue weighted by molar-refractivity contribution is 0.533. The fourth-order valence-corrected chi connectivity index (χ4v) is 2.13. The lowest BCUT2D eigenvalue weighted by atomic mass is 9.99. The highest BCUT2D eigenvalue weighted by atomic mass is 15.2. The summed E-state index contributed by atoms with van der Waals surface area (Å²) >= 11 is 0. The second-order valence-electron chi connectivity index (χ2n) is 4.40. The third-order valence-electron chi connectivity index (χ3n) is 3.20. The minimum Gasteiger partial charge on any atom is -0.398 e. The molecule has 0 aromatic carbocycles. The summed E-state index contributed by atoms with van der Waals surface area (Å²) < 4.78 is 0. The number of aryl methyl sites for hydroxylation is 1. The van der Waals surface area contributed by atoms with Crippen LogP contribution in [0.15, 0.2) is 36.8 Å². The zero-order valence-corrected chi connectivity index (χ0v) is 11.0. The number of rotatable bonds is 5. The Kier molecular flexibility index (Phi) is 4.43. The Morgan fingerprint density at radius 3 is 2.79 bits per heavy atom. The van der Waals surface area contributed by atoms with E-state index in [1.165, 1.54) is 5.56 Å². The number of anilines is 1. The van der Waals surface area contributed by atoms with E-state index in [1.54, 1.807) is 24.7 Å². The molecule has 0 spiro atoms. The zero-order chi connectivity index (χ0) is 13.7. The van der Waals surface area contributed by atoms with E-state index < -0.39 is 0 Å². The maximum atomic E-state index is 5.94. The molecule has 0 amide bonds. The molecule has 5 N–H and O–H groups in total. The van der Waals surface area contributed by atoms with Gasteiger partial charge in [-0.1, -0.05) is 13.0 Å². The summed E-state index contributed by atoms with van der Waals surface area (Å²) in [5, 5.41) is 0. The molecule has 1 atom stereocenters. The first-order valence-electron chi connectivity index (χ1n) is 6.34. The van der Waals surface area contributed by atoms with Crippen LogP contribution in [0.25, 0.3) is 0 Å². The highest BCUT2D eigenvalue weighted by Gasteiger charge is 2.16. The lowest BCUT2D eigenvalue weighted by Crippen LogP contribution is -2.31. The van der Waals surface area contributed by atoms with Crippen LogP contribution in [0.4, 0.5) is 5.69 Å². The van der Waals surface area contributed by atoms with Crippen LogP contribution in [-0.2, 0) is 12.8 Å². The van der Waals surface area contributed by atoms with Crippen LogP contribution < -0.4 is 17.0 Å². The van der Waals surface area contributed by atoms with Crippen molar-refractivity contribution in [2.75, 3.05) is 5.73 Å². The van der Waals surface area contributed by atoms with Gasteiger partial charge in [0.1, 0.15) is 0 Å². The molecule has 2 aromatic rings. The van der Waals surface area contributed by atoms with Gasteiger partial charge in [-0.2, -0.15) is 0 Å². The molecule has 0 aliphatic rings. The first-order chi connectivity index (χ1) is 9.26. The number of nitrogen functional groups attached to an aromatic ring is 1. The first-order valence-corrected chi connectivity index (χ1v) is 6.34. The molecule has 100 valence electrons. The van der Waals surface area contributed by atoms with E-state index in [0.29, 0.717) is 6.42 Å². The van der Waals surface area contributed by atoms with Gasteiger partial charge in [0.05, 0.1) is 11.7 Å². The summed E-state index contributed by atoms with van der Waals surface area (Å²) in [5.41, 5.74) is 12.6. The monoisotopic (exact) mass is 257 g/mol. The van der Waals surface area contributed by atoms with Crippen LogP contribution in [0, 0.1) is 0 Å². The molecular weight excluding hydrogens is 238 g/mol. The van der Waals surface area contributed by atoms with E-state index in [1.807, 2.05) is 6.07 Å². The molecule has 19 heavy (non-hydrogen) atoms. The fourth-order valence-electron chi connectivity index (χ4n) is 2.13. The highest BCUT2D eigenvalue weighted by Crippen LogP contribution is 2.22. The Hall–Kier alpha value is -1.98. The molecular formula is C14H19N5. The SMILES string of the molecule is CCc1cccnc1C(Cc1cnccc1N)NN. The second-order valence-corrected chi connectivity index (χ2v) is 4.40. The van der Waals surface area contributed by atoms with Gasteiger partial charge < -0.3 is 5.73 Å². The molecule has 5 nitrogen and oxygen atoms in total. The summed E-state index contributed by atoms with van der Waals surface area (Å²) in [7, 11) is 0. The van der Waals surface area contributed by atoms with Crippen molar-refractivity contribution < 1.29 is 0 Å². The van der Waals surface area contributed by atoms with Crippen LogP contribution in [0.5, 0.6) is 0 Å². The van der Waals surface area contributed by atoms with Gasteiger partial charge >= 0.3 is 0 Å². The largest absolute Gasteiger partial charge is 0.398 e. The molecule has 0 aliphatic heterocycles. The van der Waals surface area contributed by atoms with E-state index in [0.717, 1.165) is 23.4 Å². The minimum atomic E-state index is -0.0670. The number of nitrogens with two attached hydrogens (primary N) is 2. The Labute approximate surface area is 113 Å². The predicted molar refractivity (Wildman–Crippen MR) is 76.0 cm³/mol. The predicted octanol–water partition coefficient (Wildman–Crippen LogP) is 1.37. The van der Waals surface area contributed by atoms with Gasteiger partial charge in [-0.3, -0.25) is 21.2 Å². The third-order valence-corrected chi connectivity index (χ3v) is 3.20. The number of hydrazine groups is 1. The van der Waals surface area contributed by atoms with Gasteiger partial charge in [-0.05, 0) is 36.1 Å². The Balaban J connectivity index is 2.28. The van der Waals surface area contributed by atoms with Crippen molar-refractivity contribution in [3.63, 3.8) is 0 Å². The topological polar surface area (TPSA) is 89.8 Å². The van der Waals surface area contributed by atoms with Gasteiger partial charge in [0.15, 0.2) is 0 Å². The maximum Gasteiger partial charge on any atom is 0.0676 e. The van der Waals surface area contributed by atoms with Gasteiger partial charge in [0, 0.05) is 24.3 Å². The fraction of sp³-hybridized carbons (Fsp3) is 0.286. The Morgan fingerprint density at radius 1 is 1.26 bits per heavy atom. The Bertz CT molecular complexity index is 541. The number of hydrogen-bond acceptors (Lipinski definition) is 5. The molecule has 0 radical (unpaired) electrons. The number of hydrogen-bond donors (Lipinski definition) is 3. The summed E-state index contributed by atoms with van der Waals surface area (Å²) in [5.74, 6) is 5.68. The van der Waals surface area contributed by atoms with Gasteiger partial charge in [-0.15, -0.1) is 0 Å². The van der Waals surface area contributed by atoms with Crippen LogP contribution >= 0.6 is 0 Å². The molecule has 0 bridgehead atoms. The van der Waals surface area contributed by atoms with Gasteiger partial charge in [-0.25, -0.2) is 0 Å². The van der Waals surface area contributed by atoms with Crippen molar-refractivity contribution in [1.82, 2.24) is 15.4 Å².